The Morgan fingerprint density at radius 3 is 3.33 bits per heavy atom. The first-order valence-electron chi connectivity index (χ1n) is 5.96. The second-order valence-corrected chi connectivity index (χ2v) is 5.26. The molecule has 2 bridgehead atoms. The van der Waals surface area contributed by atoms with Gasteiger partial charge in [0, 0.05) is 18.9 Å². The standard InChI is InChI=1S/C12H15NO2/c14-11-3-1-2-10-12-5-4-9(15-12)6-8(12)7-13(10)11/h4-5,8-10H,1-3,6-7H2. The van der Waals surface area contributed by atoms with Crippen LogP contribution in [0.5, 0.6) is 0 Å². The molecule has 3 heteroatoms. The molecule has 0 saturated carbocycles. The summed E-state index contributed by atoms with van der Waals surface area (Å²) < 4.78 is 6.10. The average molecular weight is 205 g/mol. The Balaban J connectivity index is 1.78. The smallest absolute Gasteiger partial charge is 0.222 e. The van der Waals surface area contributed by atoms with Gasteiger partial charge in [-0.1, -0.05) is 12.2 Å². The van der Waals surface area contributed by atoms with E-state index in [1.165, 1.54) is 0 Å². The summed E-state index contributed by atoms with van der Waals surface area (Å²) in [5, 5.41) is 0. The molecule has 3 fully saturated rings. The van der Waals surface area contributed by atoms with Gasteiger partial charge < -0.3 is 9.64 Å². The number of hydrogen-bond donors (Lipinski definition) is 0. The van der Waals surface area contributed by atoms with Crippen LogP contribution < -0.4 is 0 Å². The van der Waals surface area contributed by atoms with Crippen molar-refractivity contribution in [2.45, 2.75) is 43.4 Å². The van der Waals surface area contributed by atoms with Gasteiger partial charge in [0.05, 0.1) is 12.1 Å². The molecule has 0 aliphatic carbocycles. The van der Waals surface area contributed by atoms with E-state index in [0.29, 0.717) is 24.0 Å². The molecule has 4 rings (SSSR count). The summed E-state index contributed by atoms with van der Waals surface area (Å²) in [4.78, 5) is 13.9. The highest BCUT2D eigenvalue weighted by Crippen LogP contribution is 2.53. The van der Waals surface area contributed by atoms with Crippen LogP contribution in [0.15, 0.2) is 12.2 Å². The van der Waals surface area contributed by atoms with Crippen LogP contribution in [-0.4, -0.2) is 35.1 Å². The van der Waals surface area contributed by atoms with Gasteiger partial charge in [0.25, 0.3) is 0 Å². The summed E-state index contributed by atoms with van der Waals surface area (Å²) in [6.07, 6.45) is 8.81. The fraction of sp³-hybridized carbons (Fsp3) is 0.750. The van der Waals surface area contributed by atoms with Gasteiger partial charge in [-0.05, 0) is 19.3 Å². The van der Waals surface area contributed by atoms with Crippen molar-refractivity contribution < 1.29 is 9.53 Å². The molecular formula is C12H15NO2. The van der Waals surface area contributed by atoms with Gasteiger partial charge in [-0.15, -0.1) is 0 Å². The van der Waals surface area contributed by atoms with Crippen LogP contribution in [0.25, 0.3) is 0 Å². The Morgan fingerprint density at radius 2 is 2.47 bits per heavy atom. The number of carbonyl (C=O) groups is 1. The lowest BCUT2D eigenvalue weighted by atomic mass is 9.80. The molecule has 4 aliphatic heterocycles. The second kappa shape index (κ2) is 2.46. The normalized spacial score (nSPS) is 51.1. The Labute approximate surface area is 89.1 Å². The highest BCUT2D eigenvalue weighted by Gasteiger charge is 2.62. The van der Waals surface area contributed by atoms with E-state index in [9.17, 15) is 4.79 Å². The van der Waals surface area contributed by atoms with Crippen LogP contribution in [0.4, 0.5) is 0 Å². The molecule has 3 nitrogen and oxygen atoms in total. The fourth-order valence-corrected chi connectivity index (χ4v) is 3.96. The minimum atomic E-state index is -0.0826. The van der Waals surface area contributed by atoms with Crippen molar-refractivity contribution in [3.63, 3.8) is 0 Å². The van der Waals surface area contributed by atoms with Crippen LogP contribution in [0.3, 0.4) is 0 Å². The van der Waals surface area contributed by atoms with Gasteiger partial charge in [0.1, 0.15) is 5.60 Å². The molecule has 4 unspecified atom stereocenters. The summed E-state index contributed by atoms with van der Waals surface area (Å²) >= 11 is 0. The van der Waals surface area contributed by atoms with Gasteiger partial charge >= 0.3 is 0 Å². The van der Waals surface area contributed by atoms with Crippen LogP contribution in [0.2, 0.25) is 0 Å². The van der Waals surface area contributed by atoms with Crippen LogP contribution in [0, 0.1) is 5.92 Å². The van der Waals surface area contributed by atoms with E-state index in [1.807, 2.05) is 0 Å². The molecule has 0 N–H and O–H groups in total. The zero-order valence-corrected chi connectivity index (χ0v) is 8.69. The summed E-state index contributed by atoms with van der Waals surface area (Å²) in [7, 11) is 0. The van der Waals surface area contributed by atoms with Gasteiger partial charge in [-0.25, -0.2) is 0 Å². The molecule has 3 saturated heterocycles. The lowest BCUT2D eigenvalue weighted by molar-refractivity contribution is -0.138. The van der Waals surface area contributed by atoms with E-state index in [4.69, 9.17) is 4.74 Å². The Hall–Kier alpha value is -0.830. The zero-order valence-electron chi connectivity index (χ0n) is 8.69. The summed E-state index contributed by atoms with van der Waals surface area (Å²) in [5.41, 5.74) is -0.0826. The van der Waals surface area contributed by atoms with E-state index >= 15 is 0 Å². The Kier molecular flexibility index (Phi) is 1.37. The molecule has 0 radical (unpaired) electrons. The van der Waals surface area contributed by atoms with Gasteiger partial charge in [0.2, 0.25) is 5.91 Å². The number of ether oxygens (including phenoxy) is 1. The van der Waals surface area contributed by atoms with Crippen LogP contribution in [0.1, 0.15) is 25.7 Å². The third kappa shape index (κ3) is 0.842. The third-order valence-corrected chi connectivity index (χ3v) is 4.58. The first-order valence-corrected chi connectivity index (χ1v) is 5.96. The predicted octanol–water partition coefficient (Wildman–Crippen LogP) is 1.09. The molecule has 4 atom stereocenters. The molecule has 4 aliphatic rings. The number of amides is 1. The molecule has 80 valence electrons. The summed E-state index contributed by atoms with van der Waals surface area (Å²) in [5.74, 6) is 0.912. The molecular weight excluding hydrogens is 190 g/mol. The Morgan fingerprint density at radius 1 is 1.53 bits per heavy atom. The van der Waals surface area contributed by atoms with Gasteiger partial charge in [-0.3, -0.25) is 4.79 Å². The first kappa shape index (κ1) is 8.34. The lowest BCUT2D eigenvalue weighted by Crippen LogP contribution is -2.48. The number of hydrogen-bond acceptors (Lipinski definition) is 2. The average Bonchev–Trinajstić information content (AvgIpc) is 2.85. The van der Waals surface area contributed by atoms with Gasteiger partial charge in [-0.2, -0.15) is 0 Å². The first-order chi connectivity index (χ1) is 7.29. The SMILES string of the molecule is O=C1CCCC2N1CC1CC3C=CC12O3. The van der Waals surface area contributed by atoms with Gasteiger partial charge in [0.15, 0.2) is 0 Å². The largest absolute Gasteiger partial charge is 0.361 e. The second-order valence-electron chi connectivity index (χ2n) is 5.26. The lowest BCUT2D eigenvalue weighted by Gasteiger charge is -2.36. The van der Waals surface area contributed by atoms with Crippen molar-refractivity contribution in [1.82, 2.24) is 4.90 Å². The third-order valence-electron chi connectivity index (χ3n) is 4.58. The van der Waals surface area contributed by atoms with Crippen molar-refractivity contribution in [3.05, 3.63) is 12.2 Å². The maximum Gasteiger partial charge on any atom is 0.222 e. The monoisotopic (exact) mass is 205 g/mol. The van der Waals surface area contributed by atoms with E-state index in [2.05, 4.69) is 17.1 Å². The fourth-order valence-electron chi connectivity index (χ4n) is 3.96. The molecule has 0 aromatic rings. The van der Waals surface area contributed by atoms with Crippen molar-refractivity contribution in [2.24, 2.45) is 5.92 Å². The van der Waals surface area contributed by atoms with Crippen molar-refractivity contribution >= 4 is 5.91 Å². The number of carbonyl (C=O) groups excluding carboxylic acids is 1. The Bertz CT molecular complexity index is 365. The molecule has 1 amide bonds. The highest BCUT2D eigenvalue weighted by molar-refractivity contribution is 5.78. The van der Waals surface area contributed by atoms with Crippen molar-refractivity contribution in [3.8, 4) is 0 Å². The number of rotatable bonds is 0. The van der Waals surface area contributed by atoms with Crippen LogP contribution in [-0.2, 0) is 9.53 Å². The molecule has 4 heterocycles. The maximum atomic E-state index is 11.8. The van der Waals surface area contributed by atoms with E-state index in [0.717, 1.165) is 32.2 Å². The zero-order chi connectivity index (χ0) is 10.0. The van der Waals surface area contributed by atoms with Crippen molar-refractivity contribution in [1.29, 1.82) is 0 Å². The van der Waals surface area contributed by atoms with Crippen molar-refractivity contribution in [2.75, 3.05) is 6.54 Å². The van der Waals surface area contributed by atoms with E-state index in [-0.39, 0.29) is 5.60 Å². The number of fused-ring (bicyclic) bond motifs is 2. The number of nitrogens with zero attached hydrogens (tertiary/aromatic N) is 1. The van der Waals surface area contributed by atoms with E-state index < -0.39 is 0 Å². The molecule has 1 spiro atoms. The maximum absolute atomic E-state index is 11.8. The summed E-state index contributed by atoms with van der Waals surface area (Å²) in [6, 6.07) is 0.340. The minimum absolute atomic E-state index is 0.0826. The summed E-state index contributed by atoms with van der Waals surface area (Å²) in [6.45, 7) is 0.935. The number of piperidine rings is 1. The quantitative estimate of drug-likeness (QED) is 0.554. The molecule has 0 aromatic heterocycles. The highest BCUT2D eigenvalue weighted by atomic mass is 16.5. The predicted molar refractivity (Wildman–Crippen MR) is 54.2 cm³/mol. The molecule has 0 aromatic carbocycles. The minimum Gasteiger partial charge on any atom is -0.361 e. The topological polar surface area (TPSA) is 29.5 Å². The van der Waals surface area contributed by atoms with E-state index in [1.54, 1.807) is 0 Å². The van der Waals surface area contributed by atoms with Crippen LogP contribution >= 0.6 is 0 Å². The molecule has 15 heavy (non-hydrogen) atoms.